The normalized spacial score (nSPS) is 44.1. The van der Waals surface area contributed by atoms with Gasteiger partial charge in [0.15, 0.2) is 31.1 Å². The number of hydrogen-bond acceptors (Lipinski definition) is 19. The van der Waals surface area contributed by atoms with Crippen molar-refractivity contribution in [2.45, 2.75) is 197 Å². The van der Waals surface area contributed by atoms with Crippen molar-refractivity contribution in [3.05, 3.63) is 53.6 Å². The number of hydrogen-bond donors (Lipinski definition) is 8. The minimum absolute atomic E-state index is 0.0513. The van der Waals surface area contributed by atoms with Crippen LogP contribution in [0.15, 0.2) is 48.1 Å². The van der Waals surface area contributed by atoms with Crippen LogP contribution in [0, 0.1) is 40.4 Å². The number of allylic oxidation sites excluding steroid dienone is 1. The highest BCUT2D eigenvalue weighted by Crippen LogP contribution is 2.69. The van der Waals surface area contributed by atoms with Crippen molar-refractivity contribution in [2.24, 2.45) is 40.4 Å². The molecule has 0 radical (unpaired) electrons. The first-order valence-electron chi connectivity index (χ1n) is 26.2. The van der Waals surface area contributed by atoms with Crippen LogP contribution in [0.3, 0.4) is 0 Å². The van der Waals surface area contributed by atoms with Crippen LogP contribution in [-0.4, -0.2) is 176 Å². The average molecular weight is 1030 g/mol. The second-order valence-electron chi connectivity index (χ2n) is 22.6. The molecular weight excluding hydrogens is 953 g/mol. The Morgan fingerprint density at radius 2 is 1.49 bits per heavy atom. The number of ether oxygens (including phenoxy) is 8. The Hall–Kier alpha value is -3.25. The van der Waals surface area contributed by atoms with Gasteiger partial charge in [0.05, 0.1) is 32.0 Å². The highest BCUT2D eigenvalue weighted by Gasteiger charge is 2.71. The molecule has 73 heavy (non-hydrogen) atoms. The van der Waals surface area contributed by atoms with Gasteiger partial charge < -0.3 is 78.7 Å². The van der Waals surface area contributed by atoms with E-state index in [-0.39, 0.29) is 47.4 Å². The van der Waals surface area contributed by atoms with E-state index in [9.17, 15) is 55.2 Å². The lowest BCUT2D eigenvalue weighted by Crippen LogP contribution is -2.64. The standard InChI is InChI=1S/C54H78O19/c1-27(2)12-16-36(57)28(3)54(65)40(23-35-33-15-14-31-22-32(18-20-52(31,5)34(33)19-21-53(35,54)6)69-49-45(64)44(63)43(62)39(24-55)70-49)71-51-48(68-29(4)56)46(38(59)26-67-51)73-50-47(42(61)37(58)25-66-50)72-41(60)17-13-30-10-8-7-9-11-30/h7-11,13-14,17,27-28,32-35,37-40,42-51,55,58-59,61-65H,12,15-16,18-26H2,1-6H3/t28-,32+,33-,34+,35+,37-,38+,39-,40+,42+,43-,44+,45-,46+,47-,48-,49-,50+,51+,52+,53+,54-/m1/s1. The van der Waals surface area contributed by atoms with Gasteiger partial charge in [-0.1, -0.05) is 76.6 Å². The van der Waals surface area contributed by atoms with E-state index in [0.717, 1.165) is 25.8 Å². The summed E-state index contributed by atoms with van der Waals surface area (Å²) in [5.41, 5.74) is -0.971. The number of fused-ring (bicyclic) bond motifs is 5. The zero-order chi connectivity index (χ0) is 52.7. The van der Waals surface area contributed by atoms with E-state index in [1.54, 1.807) is 31.2 Å². The van der Waals surface area contributed by atoms with Crippen LogP contribution in [0.5, 0.6) is 0 Å². The third-order valence-electron chi connectivity index (χ3n) is 17.8. The maximum absolute atomic E-state index is 14.3. The van der Waals surface area contributed by atoms with Gasteiger partial charge in [-0.05, 0) is 92.1 Å². The lowest BCUT2D eigenvalue weighted by atomic mass is 9.46. The minimum atomic E-state index is -1.76. The van der Waals surface area contributed by atoms with Gasteiger partial charge in [0, 0.05) is 30.8 Å². The average Bonchev–Trinajstić information content (AvgIpc) is 3.59. The Labute approximate surface area is 426 Å². The van der Waals surface area contributed by atoms with E-state index in [4.69, 9.17) is 37.9 Å². The zero-order valence-electron chi connectivity index (χ0n) is 42.7. The van der Waals surface area contributed by atoms with Gasteiger partial charge in [0.1, 0.15) is 60.2 Å². The lowest BCUT2D eigenvalue weighted by Gasteiger charge is -2.59. The number of ketones is 1. The summed E-state index contributed by atoms with van der Waals surface area (Å²) in [5.74, 6) is -2.39. The second-order valence-corrected chi connectivity index (χ2v) is 22.6. The number of benzene rings is 1. The molecule has 19 heteroatoms. The number of aliphatic hydroxyl groups is 8. The molecule has 0 amide bonds. The summed E-state index contributed by atoms with van der Waals surface area (Å²) in [5, 5.41) is 88.0. The summed E-state index contributed by atoms with van der Waals surface area (Å²) in [6.45, 7) is 9.91. The van der Waals surface area contributed by atoms with Gasteiger partial charge in [-0.3, -0.25) is 9.59 Å². The van der Waals surface area contributed by atoms with Crippen LogP contribution in [0.25, 0.3) is 6.08 Å². The topological polar surface area (TPSA) is 287 Å². The molecule has 3 saturated heterocycles. The monoisotopic (exact) mass is 1030 g/mol. The van der Waals surface area contributed by atoms with Gasteiger partial charge in [-0.25, -0.2) is 4.79 Å². The molecule has 0 bridgehead atoms. The van der Waals surface area contributed by atoms with Crippen LogP contribution >= 0.6 is 0 Å². The molecule has 408 valence electrons. The summed E-state index contributed by atoms with van der Waals surface area (Å²) in [7, 11) is 0. The molecule has 0 spiro atoms. The van der Waals surface area contributed by atoms with E-state index < -0.39 is 135 Å². The third-order valence-corrected chi connectivity index (χ3v) is 17.8. The quantitative estimate of drug-likeness (QED) is 0.0669. The van der Waals surface area contributed by atoms with Crippen molar-refractivity contribution >= 4 is 23.8 Å². The van der Waals surface area contributed by atoms with Crippen molar-refractivity contribution in [2.75, 3.05) is 19.8 Å². The number of rotatable bonds is 16. The molecule has 7 aliphatic rings. The maximum Gasteiger partial charge on any atom is 0.331 e. The predicted molar refractivity (Wildman–Crippen MR) is 257 cm³/mol. The lowest BCUT2D eigenvalue weighted by molar-refractivity contribution is -0.346. The summed E-state index contributed by atoms with van der Waals surface area (Å²) in [4.78, 5) is 40.4. The smallest absolute Gasteiger partial charge is 0.331 e. The molecule has 3 saturated carbocycles. The van der Waals surface area contributed by atoms with Gasteiger partial charge >= 0.3 is 11.9 Å². The Morgan fingerprint density at radius 1 is 0.795 bits per heavy atom. The Balaban J connectivity index is 1.05. The third kappa shape index (κ3) is 11.0. The van der Waals surface area contributed by atoms with E-state index >= 15 is 0 Å². The first kappa shape index (κ1) is 56.0. The molecule has 3 aliphatic heterocycles. The molecular formula is C54H78O19. The Morgan fingerprint density at radius 3 is 2.18 bits per heavy atom. The van der Waals surface area contributed by atoms with Crippen molar-refractivity contribution in [1.82, 2.24) is 0 Å². The summed E-state index contributed by atoms with van der Waals surface area (Å²) in [6.07, 6.45) is -10.7. The largest absolute Gasteiger partial charge is 0.454 e. The van der Waals surface area contributed by atoms with Crippen molar-refractivity contribution in [3.8, 4) is 0 Å². The molecule has 22 atom stereocenters. The van der Waals surface area contributed by atoms with E-state index in [2.05, 4.69) is 13.0 Å². The maximum atomic E-state index is 14.3. The fourth-order valence-corrected chi connectivity index (χ4v) is 13.6. The highest BCUT2D eigenvalue weighted by atomic mass is 16.8. The fraction of sp³-hybridized carbons (Fsp3) is 0.759. The first-order chi connectivity index (χ1) is 34.6. The SMILES string of the molecule is CC(=O)O[C@H]1[C@H](O[C@H]2C[C@H]3[C@@H]4CC=C5C[C@@H](O[C@@H]6O[C@H](CO)[C@@H](O)[C@H](O)[C@H]6O)CC[C@]5(C)[C@H]4CC[C@]3(C)[C@@]2(O)[C@H](C)C(=O)CCC(C)C)OC[C@H](O)[C@@H]1O[C@@H]1OC[C@@H](O)[C@H](O)[C@H]1OC(=O)C=Cc1ccccc1. The van der Waals surface area contributed by atoms with Crippen LogP contribution < -0.4 is 0 Å². The van der Waals surface area contributed by atoms with E-state index in [1.807, 2.05) is 26.8 Å². The van der Waals surface area contributed by atoms with Gasteiger partial charge in [-0.15, -0.1) is 0 Å². The first-order valence-corrected chi connectivity index (χ1v) is 26.2. The van der Waals surface area contributed by atoms with E-state index in [1.165, 1.54) is 11.6 Å². The van der Waals surface area contributed by atoms with Gasteiger partial charge in [-0.2, -0.15) is 0 Å². The molecule has 0 aromatic heterocycles. The molecule has 8 rings (SSSR count). The molecule has 6 fully saturated rings. The Bertz CT molecular complexity index is 2140. The van der Waals surface area contributed by atoms with Crippen LogP contribution in [0.4, 0.5) is 0 Å². The zero-order valence-corrected chi connectivity index (χ0v) is 42.7. The Kier molecular flexibility index (Phi) is 17.4. The molecule has 19 nitrogen and oxygen atoms in total. The predicted octanol–water partition coefficient (Wildman–Crippen LogP) is 2.24. The molecule has 4 aliphatic carbocycles. The van der Waals surface area contributed by atoms with Crippen molar-refractivity contribution in [3.63, 3.8) is 0 Å². The molecule has 1 aromatic carbocycles. The summed E-state index contributed by atoms with van der Waals surface area (Å²) < 4.78 is 48.5. The van der Waals surface area contributed by atoms with Crippen molar-refractivity contribution in [1.29, 1.82) is 0 Å². The molecule has 1 aromatic rings. The van der Waals surface area contributed by atoms with Crippen LogP contribution in [-0.2, 0) is 52.3 Å². The fourth-order valence-electron chi connectivity index (χ4n) is 13.6. The summed E-state index contributed by atoms with van der Waals surface area (Å²) in [6, 6.07) is 8.94. The number of carbonyl (C=O) groups is 3. The van der Waals surface area contributed by atoms with Gasteiger partial charge in [0.25, 0.3) is 0 Å². The molecule has 3 heterocycles. The molecule has 8 N–H and O–H groups in total. The number of carbonyl (C=O) groups excluding carboxylic acids is 3. The number of esters is 2. The van der Waals surface area contributed by atoms with Crippen LogP contribution in [0.2, 0.25) is 0 Å². The van der Waals surface area contributed by atoms with Crippen LogP contribution in [0.1, 0.15) is 105 Å². The second kappa shape index (κ2) is 22.8. The molecule has 0 unspecified atom stereocenters. The highest BCUT2D eigenvalue weighted by molar-refractivity contribution is 5.87. The van der Waals surface area contributed by atoms with E-state index in [0.29, 0.717) is 44.1 Å². The minimum Gasteiger partial charge on any atom is -0.454 e. The number of Topliss-reactive ketones (excluding diaryl/α,β-unsaturated/α-hetero) is 1. The van der Waals surface area contributed by atoms with Gasteiger partial charge in [0.2, 0.25) is 0 Å². The number of aliphatic hydroxyl groups excluding tert-OH is 7. The summed E-state index contributed by atoms with van der Waals surface area (Å²) >= 11 is 0. The van der Waals surface area contributed by atoms with Crippen molar-refractivity contribution < 1.29 is 93.1 Å².